The zero-order valence-corrected chi connectivity index (χ0v) is 22.1. The molecular weight excluding hydrogens is 557 g/mol. The van der Waals surface area contributed by atoms with Crippen LogP contribution in [0.1, 0.15) is 18.7 Å². The van der Waals surface area contributed by atoms with E-state index in [0.717, 1.165) is 12.1 Å². The molecule has 1 unspecified atom stereocenters. The molecule has 6 rings (SSSR count). The summed E-state index contributed by atoms with van der Waals surface area (Å²) in [7, 11) is 0. The first-order valence-electron chi connectivity index (χ1n) is 12.4. The molecule has 2 N–H and O–H groups in total. The number of nitrogens with two attached hydrogens (primary N) is 1. The van der Waals surface area contributed by atoms with E-state index in [2.05, 4.69) is 14.7 Å². The van der Waals surface area contributed by atoms with Crippen molar-refractivity contribution in [2.24, 2.45) is 0 Å². The molecule has 41 heavy (non-hydrogen) atoms. The smallest absolute Gasteiger partial charge is 0.387 e. The maximum Gasteiger partial charge on any atom is 0.387 e. The number of anilines is 1. The number of nitrogens with zero attached hydrogens (tertiary/aromatic N) is 5. The van der Waals surface area contributed by atoms with Crippen LogP contribution >= 0.6 is 11.6 Å². The molecule has 12 heteroatoms. The summed E-state index contributed by atoms with van der Waals surface area (Å²) in [5.41, 5.74) is 7.88. The van der Waals surface area contributed by atoms with Gasteiger partial charge in [-0.15, -0.1) is 0 Å². The largest absolute Gasteiger partial charge is 0.432 e. The Labute approximate surface area is 235 Å². The van der Waals surface area contributed by atoms with Gasteiger partial charge in [0.1, 0.15) is 17.8 Å². The maximum atomic E-state index is 14.7. The molecule has 0 radical (unpaired) electrons. The number of pyridine rings is 1. The maximum absolute atomic E-state index is 14.7. The lowest BCUT2D eigenvalue weighted by Gasteiger charge is -2.21. The molecule has 8 nitrogen and oxygen atoms in total. The minimum atomic E-state index is -3.18. The summed E-state index contributed by atoms with van der Waals surface area (Å²) in [6, 6.07) is 19.1. The lowest BCUT2D eigenvalue weighted by atomic mass is 10.1. The fourth-order valence-electron chi connectivity index (χ4n) is 4.92. The number of rotatable bonds is 6. The second-order valence-electron chi connectivity index (χ2n) is 9.20. The molecule has 0 aliphatic rings. The summed E-state index contributed by atoms with van der Waals surface area (Å²) in [5, 5.41) is 6.39. The van der Waals surface area contributed by atoms with E-state index in [1.54, 1.807) is 39.6 Å². The molecule has 0 fully saturated rings. The average molecular weight is 577 g/mol. The zero-order valence-electron chi connectivity index (χ0n) is 21.3. The van der Waals surface area contributed by atoms with Gasteiger partial charge in [0.25, 0.3) is 5.56 Å². The van der Waals surface area contributed by atoms with E-state index in [4.69, 9.17) is 22.4 Å². The predicted molar refractivity (Wildman–Crippen MR) is 150 cm³/mol. The van der Waals surface area contributed by atoms with Crippen molar-refractivity contribution in [2.45, 2.75) is 19.6 Å². The van der Waals surface area contributed by atoms with Gasteiger partial charge in [-0.2, -0.15) is 13.9 Å². The number of hydrogen-bond donors (Lipinski definition) is 1. The Bertz CT molecular complexity index is 2000. The van der Waals surface area contributed by atoms with Crippen LogP contribution in [0.4, 0.5) is 19.0 Å². The predicted octanol–water partition coefficient (Wildman–Crippen LogP) is 6.38. The third kappa shape index (κ3) is 4.53. The fraction of sp³-hybridized carbons (Fsp3) is 0.103. The highest BCUT2D eigenvalue weighted by Crippen LogP contribution is 2.36. The quantitative estimate of drug-likeness (QED) is 0.247. The second-order valence-corrected chi connectivity index (χ2v) is 9.61. The minimum Gasteiger partial charge on any atom is -0.432 e. The van der Waals surface area contributed by atoms with Gasteiger partial charge in [-0.3, -0.25) is 9.36 Å². The monoisotopic (exact) mass is 576 g/mol. The van der Waals surface area contributed by atoms with Crippen LogP contribution in [0.3, 0.4) is 0 Å². The highest BCUT2D eigenvalue weighted by Gasteiger charge is 2.25. The third-order valence-electron chi connectivity index (χ3n) is 6.77. The van der Waals surface area contributed by atoms with E-state index in [9.17, 15) is 18.0 Å². The molecule has 0 aliphatic carbocycles. The van der Waals surface area contributed by atoms with E-state index in [1.807, 2.05) is 31.2 Å². The summed E-state index contributed by atoms with van der Waals surface area (Å²) in [6.07, 6.45) is 1.27. The number of benzene rings is 3. The van der Waals surface area contributed by atoms with Crippen molar-refractivity contribution in [1.29, 1.82) is 0 Å². The number of nitrogen functional groups attached to an aromatic ring is 1. The first kappa shape index (κ1) is 26.3. The van der Waals surface area contributed by atoms with Crippen LogP contribution in [-0.2, 0) is 0 Å². The van der Waals surface area contributed by atoms with Gasteiger partial charge in [0.05, 0.1) is 27.5 Å². The molecule has 0 amide bonds. The van der Waals surface area contributed by atoms with Crippen molar-refractivity contribution in [1.82, 2.24) is 24.3 Å². The lowest BCUT2D eigenvalue weighted by Crippen LogP contribution is -2.26. The summed E-state index contributed by atoms with van der Waals surface area (Å²) >= 11 is 6.45. The summed E-state index contributed by atoms with van der Waals surface area (Å²) < 4.78 is 47.4. The number of hydrogen-bond acceptors (Lipinski definition) is 6. The van der Waals surface area contributed by atoms with Crippen LogP contribution in [-0.4, -0.2) is 30.9 Å². The number of alkyl halides is 2. The zero-order chi connectivity index (χ0) is 28.8. The number of para-hydroxylation sites is 1. The van der Waals surface area contributed by atoms with Crippen molar-refractivity contribution in [2.75, 3.05) is 5.73 Å². The van der Waals surface area contributed by atoms with Gasteiger partial charge in [-0.05, 0) is 54.8 Å². The SMILES string of the molecule is CC(c1cc2cccc(Cl)c2c(=O)n1-c1ccccc1)n1nc(-c2ccc(OC(F)F)c(F)c2)c2c(N)ncnc21. The van der Waals surface area contributed by atoms with E-state index in [-0.39, 0.29) is 22.6 Å². The van der Waals surface area contributed by atoms with Crippen LogP contribution in [0.5, 0.6) is 5.75 Å². The molecule has 0 saturated carbocycles. The minimum absolute atomic E-state index is 0.0857. The molecule has 3 aromatic heterocycles. The summed E-state index contributed by atoms with van der Waals surface area (Å²) in [5.74, 6) is -1.52. The van der Waals surface area contributed by atoms with Gasteiger partial charge in [-0.25, -0.2) is 19.0 Å². The Kier molecular flexibility index (Phi) is 6.58. The Morgan fingerprint density at radius 3 is 2.49 bits per heavy atom. The molecule has 6 aromatic rings. The van der Waals surface area contributed by atoms with Crippen LogP contribution in [0.15, 0.2) is 83.9 Å². The van der Waals surface area contributed by atoms with Crippen molar-refractivity contribution < 1.29 is 17.9 Å². The van der Waals surface area contributed by atoms with E-state index in [0.29, 0.717) is 38.2 Å². The van der Waals surface area contributed by atoms with Crippen LogP contribution in [0.2, 0.25) is 5.02 Å². The van der Waals surface area contributed by atoms with E-state index in [1.165, 1.54) is 12.4 Å². The molecule has 1 atom stereocenters. The first-order chi connectivity index (χ1) is 19.7. The Morgan fingerprint density at radius 1 is 0.976 bits per heavy atom. The third-order valence-corrected chi connectivity index (χ3v) is 7.09. The van der Waals surface area contributed by atoms with E-state index < -0.39 is 24.2 Å². The summed E-state index contributed by atoms with van der Waals surface area (Å²) in [6.45, 7) is -1.35. The standard InChI is InChI=1S/C29H20ClF3N6O2/c1-15(21-13-16-6-5-9-19(30)23(16)28(40)38(21)18-7-3-2-4-8-18)39-27-24(26(34)35-14-36-27)25(37-39)17-10-11-22(20(31)12-17)41-29(32)33/h2-15,29H,1H3,(H2,34,35,36). The van der Waals surface area contributed by atoms with Crippen molar-refractivity contribution in [3.8, 4) is 22.7 Å². The van der Waals surface area contributed by atoms with Crippen molar-refractivity contribution >= 4 is 39.2 Å². The van der Waals surface area contributed by atoms with Crippen LogP contribution in [0, 0.1) is 5.82 Å². The molecule has 0 spiro atoms. The van der Waals surface area contributed by atoms with Gasteiger partial charge in [0.2, 0.25) is 0 Å². The second kappa shape index (κ2) is 10.3. The topological polar surface area (TPSA) is 101 Å². The number of fused-ring (bicyclic) bond motifs is 2. The number of ether oxygens (including phenoxy) is 1. The first-order valence-corrected chi connectivity index (χ1v) is 12.8. The van der Waals surface area contributed by atoms with Gasteiger partial charge < -0.3 is 10.5 Å². The molecular formula is C29H20ClF3N6O2. The van der Waals surface area contributed by atoms with Gasteiger partial charge in [0.15, 0.2) is 17.2 Å². The number of halogens is 4. The van der Waals surface area contributed by atoms with Crippen molar-refractivity contribution in [3.05, 3.63) is 106 Å². The lowest BCUT2D eigenvalue weighted by molar-refractivity contribution is -0.0521. The normalized spacial score (nSPS) is 12.3. The van der Waals surface area contributed by atoms with Gasteiger partial charge >= 0.3 is 6.61 Å². The van der Waals surface area contributed by atoms with Crippen molar-refractivity contribution in [3.63, 3.8) is 0 Å². The molecule has 3 heterocycles. The molecule has 206 valence electrons. The Hall–Kier alpha value is -4.90. The molecule has 3 aromatic carbocycles. The average Bonchev–Trinajstić information content (AvgIpc) is 3.35. The van der Waals surface area contributed by atoms with Crippen LogP contribution < -0.4 is 16.0 Å². The molecule has 0 saturated heterocycles. The highest BCUT2D eigenvalue weighted by molar-refractivity contribution is 6.35. The molecule has 0 aliphatic heterocycles. The van der Waals surface area contributed by atoms with E-state index >= 15 is 0 Å². The number of aromatic nitrogens is 5. The van der Waals surface area contributed by atoms with Gasteiger partial charge in [-0.1, -0.05) is 41.9 Å². The van der Waals surface area contributed by atoms with Crippen LogP contribution in [0.25, 0.3) is 38.8 Å². The Morgan fingerprint density at radius 2 is 1.76 bits per heavy atom. The Balaban J connectivity index is 1.59. The van der Waals surface area contributed by atoms with Gasteiger partial charge in [0, 0.05) is 11.3 Å². The highest BCUT2D eigenvalue weighted by atomic mass is 35.5. The molecule has 0 bridgehead atoms. The summed E-state index contributed by atoms with van der Waals surface area (Å²) in [4.78, 5) is 22.4. The fourth-order valence-corrected chi connectivity index (χ4v) is 5.19.